The van der Waals surface area contributed by atoms with Crippen molar-refractivity contribution in [3.63, 3.8) is 0 Å². The van der Waals surface area contributed by atoms with E-state index in [-0.39, 0.29) is 5.91 Å². The van der Waals surface area contributed by atoms with E-state index in [4.69, 9.17) is 4.74 Å². The summed E-state index contributed by atoms with van der Waals surface area (Å²) in [7, 11) is 1.57. The lowest BCUT2D eigenvalue weighted by Crippen LogP contribution is -2.27. The fourth-order valence-corrected chi connectivity index (χ4v) is 4.68. The molecule has 176 valence electrons. The van der Waals surface area contributed by atoms with Crippen LogP contribution < -0.4 is 10.1 Å². The van der Waals surface area contributed by atoms with Crippen LogP contribution in [0.15, 0.2) is 83.9 Å². The number of halogens is 3. The molecule has 1 N–H and O–H groups in total. The lowest BCUT2D eigenvalue weighted by Gasteiger charge is -2.08. The number of alkyl halides is 3. The summed E-state index contributed by atoms with van der Waals surface area (Å²) in [5, 5.41) is 3.95. The number of rotatable bonds is 8. The Balaban J connectivity index is 1.43. The molecule has 4 nitrogen and oxygen atoms in total. The van der Waals surface area contributed by atoms with Crippen LogP contribution in [0.1, 0.15) is 21.5 Å². The van der Waals surface area contributed by atoms with Crippen molar-refractivity contribution >= 4 is 28.6 Å². The van der Waals surface area contributed by atoms with Crippen LogP contribution >= 0.6 is 11.8 Å². The molecule has 1 aromatic heterocycles. The van der Waals surface area contributed by atoms with E-state index < -0.39 is 11.7 Å². The maximum atomic E-state index is 13.0. The fraction of sp³-hybridized carbons (Fsp3) is 0.192. The molecule has 0 unspecified atom stereocenters. The van der Waals surface area contributed by atoms with Crippen LogP contribution in [0.25, 0.3) is 10.9 Å². The molecule has 1 amide bonds. The number of aromatic nitrogens is 1. The van der Waals surface area contributed by atoms with Crippen LogP contribution in [0.4, 0.5) is 13.2 Å². The van der Waals surface area contributed by atoms with E-state index in [1.807, 2.05) is 30.5 Å². The lowest BCUT2D eigenvalue weighted by atomic mass is 10.1. The van der Waals surface area contributed by atoms with Gasteiger partial charge in [-0.15, -0.1) is 11.8 Å². The molecule has 0 saturated carbocycles. The molecular weight excluding hydrogens is 461 g/mol. The van der Waals surface area contributed by atoms with Gasteiger partial charge >= 0.3 is 6.18 Å². The maximum Gasteiger partial charge on any atom is 0.416 e. The Labute approximate surface area is 199 Å². The van der Waals surface area contributed by atoms with Crippen molar-refractivity contribution in [3.8, 4) is 5.75 Å². The summed E-state index contributed by atoms with van der Waals surface area (Å²) < 4.78 is 46.2. The van der Waals surface area contributed by atoms with Crippen molar-refractivity contribution in [1.29, 1.82) is 0 Å². The number of benzene rings is 3. The molecule has 0 aliphatic carbocycles. The van der Waals surface area contributed by atoms with Crippen molar-refractivity contribution in [2.24, 2.45) is 0 Å². The zero-order valence-electron chi connectivity index (χ0n) is 18.4. The number of thioether (sulfide) groups is 1. The highest BCUT2D eigenvalue weighted by Crippen LogP contribution is 2.34. The minimum absolute atomic E-state index is 0.168. The zero-order valence-corrected chi connectivity index (χ0v) is 19.2. The quantitative estimate of drug-likeness (QED) is 0.295. The molecule has 4 rings (SSSR count). The van der Waals surface area contributed by atoms with E-state index >= 15 is 0 Å². The molecule has 34 heavy (non-hydrogen) atoms. The van der Waals surface area contributed by atoms with Gasteiger partial charge in [-0.1, -0.05) is 36.4 Å². The number of methoxy groups -OCH3 is 1. The van der Waals surface area contributed by atoms with Crippen LogP contribution in [0.2, 0.25) is 0 Å². The number of hydrogen-bond donors (Lipinski definition) is 1. The Morgan fingerprint density at radius 1 is 1.03 bits per heavy atom. The molecule has 0 saturated heterocycles. The Bertz CT molecular complexity index is 1280. The number of ether oxygens (including phenoxy) is 1. The zero-order chi connectivity index (χ0) is 24.1. The number of nitrogens with zero attached hydrogens (tertiary/aromatic N) is 1. The Kier molecular flexibility index (Phi) is 7.17. The van der Waals surface area contributed by atoms with E-state index in [1.54, 1.807) is 37.4 Å². The standard InChI is InChI=1S/C26H23F3N2O2S/c1-33-21-11-9-19(10-12-21)25(32)30-13-14-31-16-24(22-7-2-3-8-23(22)31)34-17-18-5-4-6-20(15-18)26(27,28)29/h2-12,15-16H,13-14,17H2,1H3,(H,30,32). The minimum Gasteiger partial charge on any atom is -0.497 e. The first-order chi connectivity index (χ1) is 16.3. The van der Waals surface area contributed by atoms with Gasteiger partial charge < -0.3 is 14.6 Å². The van der Waals surface area contributed by atoms with Crippen LogP contribution in [0.5, 0.6) is 5.75 Å². The maximum absolute atomic E-state index is 13.0. The largest absolute Gasteiger partial charge is 0.497 e. The van der Waals surface area contributed by atoms with Gasteiger partial charge in [0.1, 0.15) is 5.75 Å². The van der Waals surface area contributed by atoms with Gasteiger partial charge in [0.05, 0.1) is 12.7 Å². The molecular formula is C26H23F3N2O2S. The molecule has 0 aliphatic heterocycles. The highest BCUT2D eigenvalue weighted by molar-refractivity contribution is 7.98. The van der Waals surface area contributed by atoms with Gasteiger partial charge in [0.25, 0.3) is 5.91 Å². The number of amides is 1. The number of carbonyl (C=O) groups excluding carboxylic acids is 1. The third-order valence-electron chi connectivity index (χ3n) is 5.39. The first-order valence-electron chi connectivity index (χ1n) is 10.6. The van der Waals surface area contributed by atoms with Crippen LogP contribution in [-0.2, 0) is 18.5 Å². The topological polar surface area (TPSA) is 43.3 Å². The van der Waals surface area contributed by atoms with E-state index in [1.165, 1.54) is 23.9 Å². The third-order valence-corrected chi connectivity index (χ3v) is 6.51. The number of para-hydroxylation sites is 1. The summed E-state index contributed by atoms with van der Waals surface area (Å²) in [4.78, 5) is 13.4. The minimum atomic E-state index is -4.35. The molecule has 0 radical (unpaired) electrons. The van der Waals surface area contributed by atoms with Crippen molar-refractivity contribution in [2.45, 2.75) is 23.4 Å². The van der Waals surface area contributed by atoms with Gasteiger partial charge in [-0.2, -0.15) is 13.2 Å². The number of fused-ring (bicyclic) bond motifs is 1. The lowest BCUT2D eigenvalue weighted by molar-refractivity contribution is -0.137. The second kappa shape index (κ2) is 10.3. The highest BCUT2D eigenvalue weighted by Gasteiger charge is 2.30. The van der Waals surface area contributed by atoms with Gasteiger partial charge in [-0.3, -0.25) is 4.79 Å². The van der Waals surface area contributed by atoms with E-state index in [0.717, 1.165) is 21.9 Å². The van der Waals surface area contributed by atoms with Crippen LogP contribution in [-0.4, -0.2) is 24.1 Å². The van der Waals surface area contributed by atoms with E-state index in [9.17, 15) is 18.0 Å². The predicted molar refractivity (Wildman–Crippen MR) is 128 cm³/mol. The summed E-state index contributed by atoms with van der Waals surface area (Å²) in [5.41, 5.74) is 1.53. The van der Waals surface area contributed by atoms with Gasteiger partial charge in [-0.25, -0.2) is 0 Å². The third kappa shape index (κ3) is 5.56. The summed E-state index contributed by atoms with van der Waals surface area (Å²) in [6, 6.07) is 20.2. The molecule has 0 bridgehead atoms. The number of carbonyl (C=O) groups is 1. The summed E-state index contributed by atoms with van der Waals surface area (Å²) in [5.74, 6) is 0.940. The molecule has 0 aliphatic rings. The average Bonchev–Trinajstić information content (AvgIpc) is 3.20. The van der Waals surface area contributed by atoms with Crippen molar-refractivity contribution in [3.05, 3.63) is 95.7 Å². The van der Waals surface area contributed by atoms with E-state index in [2.05, 4.69) is 9.88 Å². The van der Waals surface area contributed by atoms with Gasteiger partial charge in [0.15, 0.2) is 0 Å². The normalized spacial score (nSPS) is 11.5. The van der Waals surface area contributed by atoms with Gasteiger partial charge in [-0.05, 0) is 42.0 Å². The number of nitrogens with one attached hydrogen (secondary N) is 1. The van der Waals surface area contributed by atoms with Crippen molar-refractivity contribution in [2.75, 3.05) is 13.7 Å². The monoisotopic (exact) mass is 484 g/mol. The van der Waals surface area contributed by atoms with Crippen LogP contribution in [0, 0.1) is 0 Å². The van der Waals surface area contributed by atoms with Gasteiger partial charge in [0.2, 0.25) is 0 Å². The van der Waals surface area contributed by atoms with Crippen LogP contribution in [0.3, 0.4) is 0 Å². The highest BCUT2D eigenvalue weighted by atomic mass is 32.2. The Hall–Kier alpha value is -3.39. The first kappa shape index (κ1) is 23.8. The fourth-order valence-electron chi connectivity index (χ4n) is 3.65. The SMILES string of the molecule is COc1ccc(C(=O)NCCn2cc(SCc3cccc(C(F)(F)F)c3)c3ccccc32)cc1. The first-order valence-corrected chi connectivity index (χ1v) is 11.6. The van der Waals surface area contributed by atoms with Gasteiger partial charge in [0, 0.05) is 46.4 Å². The summed E-state index contributed by atoms with van der Waals surface area (Å²) >= 11 is 1.50. The molecule has 0 atom stereocenters. The summed E-state index contributed by atoms with van der Waals surface area (Å²) in [6.45, 7) is 0.994. The number of hydrogen-bond acceptors (Lipinski definition) is 3. The molecule has 8 heteroatoms. The molecule has 0 spiro atoms. The van der Waals surface area contributed by atoms with E-state index in [0.29, 0.717) is 35.7 Å². The van der Waals surface area contributed by atoms with Crippen molar-refractivity contribution in [1.82, 2.24) is 9.88 Å². The Morgan fingerprint density at radius 3 is 2.53 bits per heavy atom. The molecule has 3 aromatic carbocycles. The molecule has 4 aromatic rings. The molecule has 0 fully saturated rings. The smallest absolute Gasteiger partial charge is 0.416 e. The second-order valence-electron chi connectivity index (χ2n) is 7.68. The molecule has 1 heterocycles. The summed E-state index contributed by atoms with van der Waals surface area (Å²) in [6.07, 6.45) is -2.37. The average molecular weight is 485 g/mol. The second-order valence-corrected chi connectivity index (χ2v) is 8.69. The van der Waals surface area contributed by atoms with Crippen molar-refractivity contribution < 1.29 is 22.7 Å². The Morgan fingerprint density at radius 2 is 1.79 bits per heavy atom. The predicted octanol–water partition coefficient (Wildman–Crippen LogP) is 6.39.